The molecule has 0 spiro atoms. The van der Waals surface area contributed by atoms with Crippen molar-refractivity contribution in [2.45, 2.75) is 13.5 Å². The summed E-state index contributed by atoms with van der Waals surface area (Å²) in [6.45, 7) is 2.30. The van der Waals surface area contributed by atoms with Crippen molar-refractivity contribution in [1.82, 2.24) is 10.3 Å². The number of halogens is 2. The van der Waals surface area contributed by atoms with Gasteiger partial charge in [-0.1, -0.05) is 24.3 Å². The predicted molar refractivity (Wildman–Crippen MR) is 101 cm³/mol. The van der Waals surface area contributed by atoms with E-state index in [9.17, 15) is 18.4 Å². The summed E-state index contributed by atoms with van der Waals surface area (Å²) < 4.78 is 26.2. The van der Waals surface area contributed by atoms with Gasteiger partial charge in [-0.3, -0.25) is 14.6 Å². The van der Waals surface area contributed by atoms with E-state index >= 15 is 0 Å². The molecule has 1 heterocycles. The lowest BCUT2D eigenvalue weighted by Crippen LogP contribution is -2.24. The van der Waals surface area contributed by atoms with Gasteiger partial charge in [0.2, 0.25) is 0 Å². The number of hydrogen-bond donors (Lipinski definition) is 2. The lowest BCUT2D eigenvalue weighted by molar-refractivity contribution is 0.0950. The Morgan fingerprint density at radius 1 is 0.964 bits per heavy atom. The van der Waals surface area contributed by atoms with Gasteiger partial charge in [0, 0.05) is 30.1 Å². The number of anilines is 1. The summed E-state index contributed by atoms with van der Waals surface area (Å²) in [6.07, 6.45) is 1.34. The highest BCUT2D eigenvalue weighted by Gasteiger charge is 2.13. The summed E-state index contributed by atoms with van der Waals surface area (Å²) in [4.78, 5) is 28.6. The summed E-state index contributed by atoms with van der Waals surface area (Å²) >= 11 is 0. The zero-order valence-corrected chi connectivity index (χ0v) is 15.0. The van der Waals surface area contributed by atoms with Crippen LogP contribution in [0.3, 0.4) is 0 Å². The standard InChI is InChI=1S/C21H17F2N3O2/c1-13-4-2-3-5-15(13)12-25-20(27)14-8-9-24-19(10-14)21(28)26-16-6-7-17(22)18(23)11-16/h2-11H,12H2,1H3,(H,25,27)(H,26,28). The maximum atomic E-state index is 13.3. The SMILES string of the molecule is Cc1ccccc1CNC(=O)c1ccnc(C(=O)Nc2ccc(F)c(F)c2)c1. The molecule has 0 saturated carbocycles. The number of rotatable bonds is 5. The smallest absolute Gasteiger partial charge is 0.274 e. The number of carbonyl (C=O) groups excluding carboxylic acids is 2. The van der Waals surface area contributed by atoms with Gasteiger partial charge in [0.15, 0.2) is 11.6 Å². The number of benzene rings is 2. The lowest BCUT2D eigenvalue weighted by Gasteiger charge is -2.09. The molecule has 0 bridgehead atoms. The van der Waals surface area contributed by atoms with Gasteiger partial charge in [-0.25, -0.2) is 8.78 Å². The topological polar surface area (TPSA) is 71.1 Å². The molecule has 0 aliphatic carbocycles. The minimum absolute atomic E-state index is 0.0201. The number of carbonyl (C=O) groups is 2. The summed E-state index contributed by atoms with van der Waals surface area (Å²) in [6, 6.07) is 13.5. The van der Waals surface area contributed by atoms with E-state index in [1.54, 1.807) is 0 Å². The monoisotopic (exact) mass is 381 g/mol. The Labute approximate surface area is 160 Å². The van der Waals surface area contributed by atoms with Gasteiger partial charge in [0.05, 0.1) is 0 Å². The van der Waals surface area contributed by atoms with E-state index in [2.05, 4.69) is 15.6 Å². The molecule has 0 aliphatic heterocycles. The molecule has 142 valence electrons. The first-order chi connectivity index (χ1) is 13.4. The maximum absolute atomic E-state index is 13.3. The zero-order chi connectivity index (χ0) is 20.1. The highest BCUT2D eigenvalue weighted by molar-refractivity contribution is 6.04. The number of pyridine rings is 1. The van der Waals surface area contributed by atoms with Crippen LogP contribution in [0.4, 0.5) is 14.5 Å². The first-order valence-electron chi connectivity index (χ1n) is 8.49. The summed E-state index contributed by atoms with van der Waals surface area (Å²) in [5.74, 6) is -3.08. The quantitative estimate of drug-likeness (QED) is 0.705. The fourth-order valence-electron chi connectivity index (χ4n) is 2.55. The third-order valence-electron chi connectivity index (χ3n) is 4.13. The van der Waals surface area contributed by atoms with Crippen LogP contribution in [-0.2, 0) is 6.54 Å². The molecule has 5 nitrogen and oxygen atoms in total. The number of amides is 2. The maximum Gasteiger partial charge on any atom is 0.274 e. The van der Waals surface area contributed by atoms with Crippen molar-refractivity contribution < 1.29 is 18.4 Å². The second kappa shape index (κ2) is 8.39. The Balaban J connectivity index is 1.68. The van der Waals surface area contributed by atoms with Crippen molar-refractivity contribution in [2.24, 2.45) is 0 Å². The molecular weight excluding hydrogens is 364 g/mol. The van der Waals surface area contributed by atoms with Gasteiger partial charge in [-0.05, 0) is 42.3 Å². The van der Waals surface area contributed by atoms with E-state index < -0.39 is 17.5 Å². The van der Waals surface area contributed by atoms with E-state index in [1.807, 2.05) is 31.2 Å². The van der Waals surface area contributed by atoms with E-state index in [0.29, 0.717) is 6.54 Å². The fraction of sp³-hybridized carbons (Fsp3) is 0.0952. The van der Waals surface area contributed by atoms with E-state index in [4.69, 9.17) is 0 Å². The van der Waals surface area contributed by atoms with Crippen LogP contribution in [0.2, 0.25) is 0 Å². The third-order valence-corrected chi connectivity index (χ3v) is 4.13. The fourth-order valence-corrected chi connectivity index (χ4v) is 2.55. The van der Waals surface area contributed by atoms with Crippen molar-refractivity contribution >= 4 is 17.5 Å². The Bertz CT molecular complexity index is 1040. The van der Waals surface area contributed by atoms with Gasteiger partial charge in [0.1, 0.15) is 5.69 Å². The summed E-state index contributed by atoms with van der Waals surface area (Å²) in [5, 5.41) is 5.21. The normalized spacial score (nSPS) is 10.4. The largest absolute Gasteiger partial charge is 0.348 e. The molecule has 3 rings (SSSR count). The molecule has 1 aromatic heterocycles. The molecule has 2 amide bonds. The number of nitrogens with zero attached hydrogens (tertiary/aromatic N) is 1. The van der Waals surface area contributed by atoms with Crippen molar-refractivity contribution in [3.05, 3.63) is 94.8 Å². The lowest BCUT2D eigenvalue weighted by atomic mass is 10.1. The number of hydrogen-bond acceptors (Lipinski definition) is 3. The second-order valence-electron chi connectivity index (χ2n) is 6.12. The van der Waals surface area contributed by atoms with Crippen molar-refractivity contribution in [3.8, 4) is 0 Å². The summed E-state index contributed by atoms with van der Waals surface area (Å²) in [7, 11) is 0. The molecule has 0 unspecified atom stereocenters. The van der Waals surface area contributed by atoms with E-state index in [1.165, 1.54) is 24.4 Å². The minimum atomic E-state index is -1.07. The van der Waals surface area contributed by atoms with Crippen molar-refractivity contribution in [3.63, 3.8) is 0 Å². The van der Waals surface area contributed by atoms with Gasteiger partial charge in [0.25, 0.3) is 11.8 Å². The molecule has 0 atom stereocenters. The van der Waals surface area contributed by atoms with Crippen LogP contribution in [0.1, 0.15) is 32.0 Å². The first-order valence-corrected chi connectivity index (χ1v) is 8.49. The summed E-state index contributed by atoms with van der Waals surface area (Å²) in [5.41, 5.74) is 2.37. The van der Waals surface area contributed by atoms with Gasteiger partial charge < -0.3 is 10.6 Å². The molecule has 0 aliphatic rings. The molecule has 2 aromatic carbocycles. The first kappa shape index (κ1) is 19.2. The second-order valence-corrected chi connectivity index (χ2v) is 6.12. The molecular formula is C21H17F2N3O2. The van der Waals surface area contributed by atoms with Gasteiger partial charge in [-0.2, -0.15) is 0 Å². The molecule has 3 aromatic rings. The molecule has 28 heavy (non-hydrogen) atoms. The third kappa shape index (κ3) is 4.56. The highest BCUT2D eigenvalue weighted by Crippen LogP contribution is 2.14. The Morgan fingerprint density at radius 2 is 1.75 bits per heavy atom. The number of nitrogens with one attached hydrogen (secondary N) is 2. The molecule has 0 radical (unpaired) electrons. The van der Waals surface area contributed by atoms with Crippen LogP contribution in [0.25, 0.3) is 0 Å². The van der Waals surface area contributed by atoms with Gasteiger partial charge >= 0.3 is 0 Å². The van der Waals surface area contributed by atoms with Crippen molar-refractivity contribution in [1.29, 1.82) is 0 Å². The van der Waals surface area contributed by atoms with Crippen LogP contribution in [0.5, 0.6) is 0 Å². The van der Waals surface area contributed by atoms with Crippen molar-refractivity contribution in [2.75, 3.05) is 5.32 Å². The van der Waals surface area contributed by atoms with E-state index in [0.717, 1.165) is 23.3 Å². The van der Waals surface area contributed by atoms with Crippen LogP contribution >= 0.6 is 0 Å². The van der Waals surface area contributed by atoms with Crippen LogP contribution in [-0.4, -0.2) is 16.8 Å². The van der Waals surface area contributed by atoms with E-state index in [-0.39, 0.29) is 22.9 Å². The molecule has 0 saturated heterocycles. The molecule has 0 fully saturated rings. The van der Waals surface area contributed by atoms with Crippen LogP contribution in [0.15, 0.2) is 60.8 Å². The highest BCUT2D eigenvalue weighted by atomic mass is 19.2. The Morgan fingerprint density at radius 3 is 2.50 bits per heavy atom. The zero-order valence-electron chi connectivity index (χ0n) is 15.0. The Kier molecular flexibility index (Phi) is 5.74. The predicted octanol–water partition coefficient (Wildman–Crippen LogP) is 3.85. The molecule has 2 N–H and O–H groups in total. The van der Waals surface area contributed by atoms with Crippen LogP contribution in [0, 0.1) is 18.6 Å². The average molecular weight is 381 g/mol. The average Bonchev–Trinajstić information content (AvgIpc) is 2.70. The number of aromatic nitrogens is 1. The molecule has 7 heteroatoms. The minimum Gasteiger partial charge on any atom is -0.348 e. The van der Waals surface area contributed by atoms with Gasteiger partial charge in [-0.15, -0.1) is 0 Å². The number of aryl methyl sites for hydroxylation is 1. The van der Waals surface area contributed by atoms with Crippen LogP contribution < -0.4 is 10.6 Å². The Hall–Kier alpha value is -3.61.